The molecule has 1 aromatic carbocycles. The molecular weight excluding hydrogens is 165 g/mol. The van der Waals surface area contributed by atoms with Gasteiger partial charge in [0.2, 0.25) is 0 Å². The molecule has 1 aliphatic heterocycles. The normalized spacial score (nSPS) is 15.4. The van der Waals surface area contributed by atoms with Crippen molar-refractivity contribution in [3.63, 3.8) is 0 Å². The molecule has 1 aromatic rings. The van der Waals surface area contributed by atoms with Gasteiger partial charge in [0, 0.05) is 19.3 Å². The minimum atomic E-state index is -0.753. The molecule has 1 aliphatic rings. The lowest BCUT2D eigenvalue weighted by atomic mass is 9.73. The van der Waals surface area contributed by atoms with Gasteiger partial charge in [-0.05, 0) is 29.6 Å². The summed E-state index contributed by atoms with van der Waals surface area (Å²) in [5.41, 5.74) is 3.07. The zero-order chi connectivity index (χ0) is 9.26. The molecule has 0 spiro atoms. The summed E-state index contributed by atoms with van der Waals surface area (Å²) in [6, 6.07) is 5.98. The van der Waals surface area contributed by atoms with Crippen molar-refractivity contribution >= 4 is 18.3 Å². The Morgan fingerprint density at radius 3 is 3.15 bits per heavy atom. The third-order valence-electron chi connectivity index (χ3n) is 2.35. The van der Waals surface area contributed by atoms with Gasteiger partial charge in [-0.1, -0.05) is 6.07 Å². The van der Waals surface area contributed by atoms with Crippen LogP contribution in [-0.4, -0.2) is 25.8 Å². The van der Waals surface area contributed by atoms with Crippen molar-refractivity contribution in [2.75, 3.05) is 19.0 Å². The van der Waals surface area contributed by atoms with Crippen LogP contribution in [0.15, 0.2) is 18.2 Å². The molecule has 0 fully saturated rings. The second-order valence-corrected chi connectivity index (χ2v) is 3.14. The summed E-state index contributed by atoms with van der Waals surface area (Å²) in [6.45, 7) is 0.604. The number of hydrogen-bond donors (Lipinski definition) is 2. The molecule has 4 heteroatoms. The summed E-state index contributed by atoms with van der Waals surface area (Å²) in [6.07, 6.45) is 0.885. The van der Waals surface area contributed by atoms with Crippen LogP contribution in [0.4, 0.5) is 5.69 Å². The molecule has 0 unspecified atom stereocenters. The second-order valence-electron chi connectivity index (χ2n) is 3.14. The molecule has 0 radical (unpaired) electrons. The third-order valence-corrected chi connectivity index (χ3v) is 2.35. The molecule has 0 saturated heterocycles. The quantitative estimate of drug-likeness (QED) is 0.592. The van der Waals surface area contributed by atoms with Crippen molar-refractivity contribution in [2.45, 2.75) is 6.42 Å². The number of benzene rings is 1. The van der Waals surface area contributed by atoms with Gasteiger partial charge in [-0.2, -0.15) is 0 Å². The first-order valence-electron chi connectivity index (χ1n) is 4.41. The average molecular weight is 177 g/mol. The molecule has 0 amide bonds. The highest BCUT2D eigenvalue weighted by Gasteiger charge is 2.24. The molecule has 2 N–H and O–H groups in total. The number of hydrogen-bond acceptors (Lipinski definition) is 3. The molecule has 13 heavy (non-hydrogen) atoms. The minimum absolute atomic E-state index is 0.604. The molecule has 0 atom stereocenters. The Bertz CT molecular complexity index is 316. The Hall–Kier alpha value is -0.995. The van der Waals surface area contributed by atoms with E-state index in [0.717, 1.165) is 17.6 Å². The van der Waals surface area contributed by atoms with Gasteiger partial charge in [-0.3, -0.25) is 0 Å². The van der Waals surface area contributed by atoms with Crippen LogP contribution in [0.2, 0.25) is 0 Å². The van der Waals surface area contributed by atoms with Gasteiger partial charge in [0.1, 0.15) is 0 Å². The van der Waals surface area contributed by atoms with E-state index in [1.165, 1.54) is 5.56 Å². The van der Waals surface area contributed by atoms with Gasteiger partial charge in [0.05, 0.1) is 0 Å². The predicted octanol–water partition coefficient (Wildman–Crippen LogP) is -0.0115. The summed E-state index contributed by atoms with van der Waals surface area (Å²) in [4.78, 5) is 0. The zero-order valence-electron chi connectivity index (χ0n) is 7.58. The highest BCUT2D eigenvalue weighted by Crippen LogP contribution is 2.11. The molecule has 1 heterocycles. The van der Waals surface area contributed by atoms with Crippen LogP contribution in [0.5, 0.6) is 0 Å². The summed E-state index contributed by atoms with van der Waals surface area (Å²) in [7, 11) is 1.11. The Balaban J connectivity index is 2.41. The maximum atomic E-state index is 9.53. The van der Waals surface area contributed by atoms with E-state index in [2.05, 4.69) is 5.32 Å². The molecule has 0 aliphatic carbocycles. The fourth-order valence-electron chi connectivity index (χ4n) is 1.58. The molecule has 0 aromatic heterocycles. The van der Waals surface area contributed by atoms with Gasteiger partial charge < -0.3 is 15.0 Å². The van der Waals surface area contributed by atoms with Gasteiger partial charge in [0.25, 0.3) is 0 Å². The Kier molecular flexibility index (Phi) is 2.25. The first kappa shape index (κ1) is 8.60. The highest BCUT2D eigenvalue weighted by atomic mass is 16.5. The van der Waals surface area contributed by atoms with E-state index in [9.17, 15) is 5.02 Å². The molecule has 0 saturated carbocycles. The predicted molar refractivity (Wildman–Crippen MR) is 53.3 cm³/mol. The zero-order valence-corrected chi connectivity index (χ0v) is 7.58. The van der Waals surface area contributed by atoms with Crippen LogP contribution in [-0.2, 0) is 11.1 Å². The van der Waals surface area contributed by atoms with E-state index in [4.69, 9.17) is 4.65 Å². The van der Waals surface area contributed by atoms with Crippen molar-refractivity contribution in [2.24, 2.45) is 0 Å². The van der Waals surface area contributed by atoms with Crippen LogP contribution in [0.25, 0.3) is 0 Å². The van der Waals surface area contributed by atoms with E-state index in [1.807, 2.05) is 25.2 Å². The van der Waals surface area contributed by atoms with Crippen molar-refractivity contribution in [1.82, 2.24) is 0 Å². The van der Waals surface area contributed by atoms with Crippen molar-refractivity contribution in [1.29, 1.82) is 0 Å². The Labute approximate surface area is 77.9 Å². The molecule has 3 nitrogen and oxygen atoms in total. The van der Waals surface area contributed by atoms with Gasteiger partial charge in [-0.15, -0.1) is 0 Å². The van der Waals surface area contributed by atoms with E-state index in [1.54, 1.807) is 0 Å². The van der Waals surface area contributed by atoms with E-state index in [0.29, 0.717) is 6.61 Å². The van der Waals surface area contributed by atoms with Gasteiger partial charge in [0.15, 0.2) is 0 Å². The summed E-state index contributed by atoms with van der Waals surface area (Å²) in [5.74, 6) is 0. The summed E-state index contributed by atoms with van der Waals surface area (Å²) < 4.78 is 5.13. The highest BCUT2D eigenvalue weighted by molar-refractivity contribution is 6.61. The first-order valence-corrected chi connectivity index (χ1v) is 4.41. The minimum Gasteiger partial charge on any atom is -0.423 e. The average Bonchev–Trinajstić information content (AvgIpc) is 2.18. The van der Waals surface area contributed by atoms with E-state index >= 15 is 0 Å². The van der Waals surface area contributed by atoms with Gasteiger partial charge in [-0.25, -0.2) is 0 Å². The van der Waals surface area contributed by atoms with E-state index in [-0.39, 0.29) is 0 Å². The number of rotatable bonds is 1. The molecular formula is C9H12BNO2. The fraction of sp³-hybridized carbons (Fsp3) is 0.333. The van der Waals surface area contributed by atoms with Crippen molar-refractivity contribution in [3.05, 3.63) is 23.8 Å². The maximum Gasteiger partial charge on any atom is 0.491 e. The SMILES string of the molecule is CNc1ccc2c(c1)B(O)OCC2. The smallest absolute Gasteiger partial charge is 0.423 e. The largest absolute Gasteiger partial charge is 0.491 e. The van der Waals surface area contributed by atoms with Crippen LogP contribution >= 0.6 is 0 Å². The lowest BCUT2D eigenvalue weighted by Gasteiger charge is -2.19. The maximum absolute atomic E-state index is 9.53. The van der Waals surface area contributed by atoms with Crippen LogP contribution in [0.3, 0.4) is 0 Å². The fourth-order valence-corrected chi connectivity index (χ4v) is 1.58. The van der Waals surface area contributed by atoms with Crippen molar-refractivity contribution < 1.29 is 9.68 Å². The van der Waals surface area contributed by atoms with Gasteiger partial charge >= 0.3 is 7.12 Å². The monoisotopic (exact) mass is 177 g/mol. The summed E-state index contributed by atoms with van der Waals surface area (Å²) in [5, 5.41) is 12.6. The lowest BCUT2D eigenvalue weighted by molar-refractivity contribution is 0.266. The number of fused-ring (bicyclic) bond motifs is 1. The number of anilines is 1. The molecule has 0 bridgehead atoms. The summed E-state index contributed by atoms with van der Waals surface area (Å²) >= 11 is 0. The molecule has 2 rings (SSSR count). The van der Waals surface area contributed by atoms with Crippen LogP contribution < -0.4 is 10.8 Å². The van der Waals surface area contributed by atoms with Crippen molar-refractivity contribution in [3.8, 4) is 0 Å². The third kappa shape index (κ3) is 1.55. The molecule has 68 valence electrons. The Morgan fingerprint density at radius 1 is 1.54 bits per heavy atom. The number of nitrogens with one attached hydrogen (secondary N) is 1. The Morgan fingerprint density at radius 2 is 2.38 bits per heavy atom. The lowest BCUT2D eigenvalue weighted by Crippen LogP contribution is -2.41. The standard InChI is InChI=1S/C9H12BNO2/c1-11-8-3-2-7-4-5-13-10(12)9(7)6-8/h2-3,6,11-12H,4-5H2,1H3. The van der Waals surface area contributed by atoms with Crippen LogP contribution in [0, 0.1) is 0 Å². The first-order chi connectivity index (χ1) is 6.31. The second kappa shape index (κ2) is 3.40. The van der Waals surface area contributed by atoms with E-state index < -0.39 is 7.12 Å². The topological polar surface area (TPSA) is 41.5 Å². The van der Waals surface area contributed by atoms with Crippen LogP contribution in [0.1, 0.15) is 5.56 Å².